The average molecular weight is 205 g/mol. The molecule has 1 unspecified atom stereocenters. The number of hydrogen-bond donors (Lipinski definition) is 1. The predicted octanol–water partition coefficient (Wildman–Crippen LogP) is 2.14. The van der Waals surface area contributed by atoms with Gasteiger partial charge in [-0.1, -0.05) is 19.8 Å². The van der Waals surface area contributed by atoms with Gasteiger partial charge in [-0.25, -0.2) is 0 Å². The summed E-state index contributed by atoms with van der Waals surface area (Å²) in [4.78, 5) is 0. The normalized spacial score (nSPS) is 13.2. The summed E-state index contributed by atoms with van der Waals surface area (Å²) in [6.45, 7) is 3.06. The monoisotopic (exact) mass is 205 g/mol. The highest BCUT2D eigenvalue weighted by Gasteiger charge is 2.04. The van der Waals surface area contributed by atoms with Crippen LogP contribution in [0.4, 0.5) is 0 Å². The maximum absolute atomic E-state index is 5.10. The molecule has 0 aliphatic carbocycles. The molecule has 80 valence electrons. The van der Waals surface area contributed by atoms with Gasteiger partial charge in [-0.3, -0.25) is 0 Å². The molecule has 0 fully saturated rings. The van der Waals surface area contributed by atoms with Gasteiger partial charge >= 0.3 is 0 Å². The van der Waals surface area contributed by atoms with E-state index in [2.05, 4.69) is 12.2 Å². The minimum atomic E-state index is 0.511. The van der Waals surface area contributed by atoms with Gasteiger partial charge in [0.2, 0.25) is 0 Å². The minimum absolute atomic E-state index is 0.511. The fourth-order valence-electron chi connectivity index (χ4n) is 1.10. The van der Waals surface area contributed by atoms with Gasteiger partial charge in [0.1, 0.15) is 0 Å². The van der Waals surface area contributed by atoms with E-state index in [1.54, 1.807) is 7.11 Å². The molecule has 0 aromatic rings. The Labute approximate surface area is 86.8 Å². The Hall–Kier alpha value is 0.270. The zero-order valence-electron chi connectivity index (χ0n) is 9.14. The van der Waals surface area contributed by atoms with Crippen molar-refractivity contribution in [1.29, 1.82) is 0 Å². The van der Waals surface area contributed by atoms with Crippen molar-refractivity contribution in [2.24, 2.45) is 0 Å². The molecule has 0 radical (unpaired) electrons. The number of thioether (sulfide) groups is 1. The molecule has 3 heteroatoms. The second kappa shape index (κ2) is 10.4. The van der Waals surface area contributed by atoms with E-state index in [0.717, 1.165) is 12.4 Å². The van der Waals surface area contributed by atoms with Crippen molar-refractivity contribution in [3.8, 4) is 0 Å². The van der Waals surface area contributed by atoms with Crippen molar-refractivity contribution >= 4 is 11.8 Å². The predicted molar refractivity (Wildman–Crippen MR) is 61.6 cm³/mol. The fraction of sp³-hybridized carbons (Fsp3) is 1.00. The molecule has 0 saturated carbocycles. The van der Waals surface area contributed by atoms with Crippen LogP contribution in [0, 0.1) is 0 Å². The molecule has 0 spiro atoms. The van der Waals surface area contributed by atoms with Gasteiger partial charge in [0.15, 0.2) is 0 Å². The van der Waals surface area contributed by atoms with E-state index < -0.39 is 0 Å². The van der Waals surface area contributed by atoms with E-state index in [9.17, 15) is 0 Å². The smallest absolute Gasteiger partial charge is 0.0623 e. The van der Waals surface area contributed by atoms with Gasteiger partial charge in [-0.2, -0.15) is 11.8 Å². The number of ether oxygens (including phenoxy) is 1. The van der Waals surface area contributed by atoms with Crippen molar-refractivity contribution in [2.45, 2.75) is 32.2 Å². The first-order valence-electron chi connectivity index (χ1n) is 5.09. The van der Waals surface area contributed by atoms with Crippen LogP contribution < -0.4 is 5.32 Å². The summed E-state index contributed by atoms with van der Waals surface area (Å²) >= 11 is 2.02. The molecule has 1 atom stereocenters. The van der Waals surface area contributed by atoms with Crippen molar-refractivity contribution in [3.63, 3.8) is 0 Å². The summed E-state index contributed by atoms with van der Waals surface area (Å²) in [5, 5.41) is 3.25. The Bertz CT molecular complexity index is 101. The van der Waals surface area contributed by atoms with Crippen LogP contribution in [0.25, 0.3) is 0 Å². The number of likely N-dealkylation sites (N-methyl/N-ethyl adjacent to an activating group) is 1. The van der Waals surface area contributed by atoms with Gasteiger partial charge in [0.05, 0.1) is 6.61 Å². The number of hydrogen-bond acceptors (Lipinski definition) is 3. The van der Waals surface area contributed by atoms with Gasteiger partial charge in [0.25, 0.3) is 0 Å². The zero-order valence-corrected chi connectivity index (χ0v) is 9.95. The molecule has 2 nitrogen and oxygen atoms in total. The zero-order chi connectivity index (χ0) is 9.94. The molecule has 1 N–H and O–H groups in total. The molecular formula is C10H23NOS. The van der Waals surface area contributed by atoms with Gasteiger partial charge < -0.3 is 10.1 Å². The van der Waals surface area contributed by atoms with E-state index in [1.807, 2.05) is 18.8 Å². The van der Waals surface area contributed by atoms with Crippen molar-refractivity contribution in [3.05, 3.63) is 0 Å². The lowest BCUT2D eigenvalue weighted by atomic mass is 10.3. The minimum Gasteiger partial charge on any atom is -0.383 e. The highest BCUT2D eigenvalue weighted by Crippen LogP contribution is 2.07. The molecule has 0 amide bonds. The molecule has 0 aliphatic heterocycles. The highest BCUT2D eigenvalue weighted by molar-refractivity contribution is 7.99. The molecule has 0 heterocycles. The lowest BCUT2D eigenvalue weighted by Crippen LogP contribution is -2.32. The summed E-state index contributed by atoms with van der Waals surface area (Å²) in [7, 11) is 3.75. The van der Waals surface area contributed by atoms with E-state index in [1.165, 1.54) is 25.0 Å². The van der Waals surface area contributed by atoms with E-state index in [0.29, 0.717) is 6.04 Å². The lowest BCUT2D eigenvalue weighted by molar-refractivity contribution is 0.177. The Morgan fingerprint density at radius 2 is 2.15 bits per heavy atom. The van der Waals surface area contributed by atoms with Crippen LogP contribution in [0.5, 0.6) is 0 Å². The van der Waals surface area contributed by atoms with Gasteiger partial charge in [-0.15, -0.1) is 0 Å². The van der Waals surface area contributed by atoms with Crippen molar-refractivity contribution < 1.29 is 4.74 Å². The van der Waals surface area contributed by atoms with Crippen LogP contribution in [-0.4, -0.2) is 38.3 Å². The van der Waals surface area contributed by atoms with Crippen LogP contribution in [0.2, 0.25) is 0 Å². The number of methoxy groups -OCH3 is 1. The lowest BCUT2D eigenvalue weighted by Gasteiger charge is -2.14. The maximum Gasteiger partial charge on any atom is 0.0623 e. The highest BCUT2D eigenvalue weighted by atomic mass is 32.2. The fourth-order valence-corrected chi connectivity index (χ4v) is 2.22. The molecule has 13 heavy (non-hydrogen) atoms. The van der Waals surface area contributed by atoms with E-state index in [4.69, 9.17) is 4.74 Å². The molecular weight excluding hydrogens is 182 g/mol. The third kappa shape index (κ3) is 8.60. The van der Waals surface area contributed by atoms with Crippen LogP contribution in [0.1, 0.15) is 26.2 Å². The molecule has 0 bridgehead atoms. The Morgan fingerprint density at radius 1 is 1.38 bits per heavy atom. The molecule has 0 rings (SSSR count). The first-order chi connectivity index (χ1) is 6.35. The molecule has 0 aromatic heterocycles. The third-order valence-electron chi connectivity index (χ3n) is 1.99. The van der Waals surface area contributed by atoms with Gasteiger partial charge in [0, 0.05) is 18.9 Å². The Morgan fingerprint density at radius 3 is 2.69 bits per heavy atom. The summed E-state index contributed by atoms with van der Waals surface area (Å²) in [5.74, 6) is 2.45. The van der Waals surface area contributed by atoms with Crippen LogP contribution in [-0.2, 0) is 4.74 Å². The number of nitrogens with one attached hydrogen (secondary N) is 1. The van der Waals surface area contributed by atoms with Gasteiger partial charge in [-0.05, 0) is 19.2 Å². The van der Waals surface area contributed by atoms with Crippen LogP contribution in [0.15, 0.2) is 0 Å². The first-order valence-corrected chi connectivity index (χ1v) is 6.24. The molecule has 0 aliphatic rings. The summed E-state index contributed by atoms with van der Waals surface area (Å²) in [6, 6.07) is 0.511. The summed E-state index contributed by atoms with van der Waals surface area (Å²) < 4.78 is 5.10. The second-order valence-electron chi connectivity index (χ2n) is 3.22. The second-order valence-corrected chi connectivity index (χ2v) is 4.37. The largest absolute Gasteiger partial charge is 0.383 e. The van der Waals surface area contributed by atoms with Crippen LogP contribution >= 0.6 is 11.8 Å². The molecule has 0 aromatic carbocycles. The molecule has 0 saturated heterocycles. The SMILES string of the molecule is CCCCCSCC(COC)NC. The van der Waals surface area contributed by atoms with E-state index in [-0.39, 0.29) is 0 Å². The Kier molecular flexibility index (Phi) is 10.6. The topological polar surface area (TPSA) is 21.3 Å². The van der Waals surface area contributed by atoms with Crippen molar-refractivity contribution in [1.82, 2.24) is 5.32 Å². The number of unbranched alkanes of at least 4 members (excludes halogenated alkanes) is 2. The Balaban J connectivity index is 3.17. The summed E-state index contributed by atoms with van der Waals surface area (Å²) in [6.07, 6.45) is 4.03. The standard InChI is InChI=1S/C10H23NOS/c1-4-5-6-7-13-9-10(11-2)8-12-3/h10-11H,4-9H2,1-3H3. The van der Waals surface area contributed by atoms with E-state index >= 15 is 0 Å². The maximum atomic E-state index is 5.10. The van der Waals surface area contributed by atoms with Crippen LogP contribution in [0.3, 0.4) is 0 Å². The first kappa shape index (κ1) is 13.3. The third-order valence-corrected chi connectivity index (χ3v) is 3.20. The van der Waals surface area contributed by atoms with Crippen molar-refractivity contribution in [2.75, 3.05) is 32.3 Å². The summed E-state index contributed by atoms with van der Waals surface area (Å²) in [5.41, 5.74) is 0. The quantitative estimate of drug-likeness (QED) is 0.583. The number of rotatable bonds is 9. The average Bonchev–Trinajstić information content (AvgIpc) is 2.16.